The van der Waals surface area contributed by atoms with Gasteiger partial charge in [0.15, 0.2) is 0 Å². The summed E-state index contributed by atoms with van der Waals surface area (Å²) in [5.41, 5.74) is -0.536. The van der Waals surface area contributed by atoms with Crippen LogP contribution in [0.25, 0.3) is 0 Å². The molecule has 1 heterocycles. The molecule has 0 radical (unpaired) electrons. The summed E-state index contributed by atoms with van der Waals surface area (Å²) in [5.74, 6) is -0.463. The van der Waals surface area contributed by atoms with E-state index in [1.165, 1.54) is 0 Å². The molecule has 0 aromatic rings. The summed E-state index contributed by atoms with van der Waals surface area (Å²) in [4.78, 5) is 23.2. The second kappa shape index (κ2) is 5.60. The fraction of sp³-hybridized carbons (Fsp3) is 0.857. The third kappa shape index (κ3) is 3.62. The summed E-state index contributed by atoms with van der Waals surface area (Å²) in [5, 5.41) is 14.6. The second-order valence-corrected chi connectivity index (χ2v) is 6.82. The highest BCUT2D eigenvalue weighted by molar-refractivity contribution is 5.83. The Morgan fingerprint density at radius 3 is 2.40 bits per heavy atom. The standard InChI is InChI=1S/C14H24N2O4/c1-14(2,3)11(12(17)18)16-13(19)15-9-6-7-20-10(9)8-4-5-8/h8-11H,4-7H2,1-3H3,(H,17,18)(H2,15,16,19)/t9?,10?,11-/m0/s1. The quantitative estimate of drug-likeness (QED) is 0.727. The van der Waals surface area contributed by atoms with Crippen molar-refractivity contribution < 1.29 is 19.4 Å². The Bertz CT molecular complexity index is 387. The van der Waals surface area contributed by atoms with Crippen LogP contribution in [0.2, 0.25) is 0 Å². The van der Waals surface area contributed by atoms with Crippen LogP contribution in [0.15, 0.2) is 0 Å². The molecule has 2 amide bonds. The lowest BCUT2D eigenvalue weighted by Crippen LogP contribution is -2.55. The molecule has 2 aliphatic rings. The van der Waals surface area contributed by atoms with E-state index in [0.717, 1.165) is 19.3 Å². The number of carbonyl (C=O) groups is 2. The van der Waals surface area contributed by atoms with Gasteiger partial charge in [-0.1, -0.05) is 20.8 Å². The molecule has 1 aliphatic heterocycles. The Morgan fingerprint density at radius 2 is 1.90 bits per heavy atom. The van der Waals surface area contributed by atoms with Gasteiger partial charge in [0, 0.05) is 6.61 Å². The maximum Gasteiger partial charge on any atom is 0.326 e. The smallest absolute Gasteiger partial charge is 0.326 e. The van der Waals surface area contributed by atoms with E-state index in [-0.39, 0.29) is 12.1 Å². The zero-order valence-corrected chi connectivity index (χ0v) is 12.3. The number of nitrogens with one attached hydrogen (secondary N) is 2. The summed E-state index contributed by atoms with van der Waals surface area (Å²) in [6.45, 7) is 6.03. The number of rotatable bonds is 4. The van der Waals surface area contributed by atoms with E-state index in [0.29, 0.717) is 12.5 Å². The van der Waals surface area contributed by atoms with Crippen molar-refractivity contribution in [3.63, 3.8) is 0 Å². The molecule has 3 N–H and O–H groups in total. The van der Waals surface area contributed by atoms with E-state index in [1.807, 2.05) is 0 Å². The molecule has 1 saturated heterocycles. The summed E-state index contributed by atoms with van der Waals surface area (Å²) < 4.78 is 5.65. The Labute approximate surface area is 119 Å². The SMILES string of the molecule is CC(C)(C)[C@@H](NC(=O)NC1CCOC1C1CC1)C(=O)O. The third-order valence-electron chi connectivity index (χ3n) is 3.93. The van der Waals surface area contributed by atoms with Crippen LogP contribution in [-0.4, -0.2) is 41.9 Å². The predicted molar refractivity (Wildman–Crippen MR) is 73.4 cm³/mol. The van der Waals surface area contributed by atoms with Crippen LogP contribution in [0.5, 0.6) is 0 Å². The largest absolute Gasteiger partial charge is 0.480 e. The Kier molecular flexibility index (Phi) is 4.22. The van der Waals surface area contributed by atoms with Crippen molar-refractivity contribution in [3.05, 3.63) is 0 Å². The summed E-state index contributed by atoms with van der Waals surface area (Å²) in [7, 11) is 0. The molecule has 2 rings (SSSR count). The molecule has 0 bridgehead atoms. The highest BCUT2D eigenvalue weighted by Crippen LogP contribution is 2.38. The van der Waals surface area contributed by atoms with E-state index in [9.17, 15) is 14.7 Å². The average molecular weight is 284 g/mol. The fourth-order valence-electron chi connectivity index (χ4n) is 2.65. The maximum atomic E-state index is 12.0. The first-order valence-corrected chi connectivity index (χ1v) is 7.20. The number of hydrogen-bond acceptors (Lipinski definition) is 3. The number of carboxylic acids is 1. The van der Waals surface area contributed by atoms with Crippen molar-refractivity contribution in [2.75, 3.05) is 6.61 Å². The average Bonchev–Trinajstić information content (AvgIpc) is 3.06. The van der Waals surface area contributed by atoms with Gasteiger partial charge in [-0.05, 0) is 30.6 Å². The molecule has 2 unspecified atom stereocenters. The number of carbonyl (C=O) groups excluding carboxylic acids is 1. The van der Waals surface area contributed by atoms with Crippen LogP contribution in [0.4, 0.5) is 4.79 Å². The number of aliphatic carboxylic acids is 1. The van der Waals surface area contributed by atoms with Crippen molar-refractivity contribution >= 4 is 12.0 Å². The van der Waals surface area contributed by atoms with Gasteiger partial charge in [-0.3, -0.25) is 0 Å². The summed E-state index contributed by atoms with van der Waals surface area (Å²) in [6, 6.07) is -1.34. The number of ether oxygens (including phenoxy) is 1. The highest BCUT2D eigenvalue weighted by atomic mass is 16.5. The van der Waals surface area contributed by atoms with Crippen LogP contribution in [0.3, 0.4) is 0 Å². The van der Waals surface area contributed by atoms with Gasteiger partial charge in [0.1, 0.15) is 6.04 Å². The van der Waals surface area contributed by atoms with Gasteiger partial charge in [0.05, 0.1) is 12.1 Å². The molecule has 0 spiro atoms. The van der Waals surface area contributed by atoms with E-state index in [1.54, 1.807) is 20.8 Å². The van der Waals surface area contributed by atoms with Crippen LogP contribution in [0.1, 0.15) is 40.0 Å². The van der Waals surface area contributed by atoms with Gasteiger partial charge in [-0.15, -0.1) is 0 Å². The maximum absolute atomic E-state index is 12.0. The van der Waals surface area contributed by atoms with Crippen molar-refractivity contribution in [1.29, 1.82) is 0 Å². The predicted octanol–water partition coefficient (Wildman–Crippen LogP) is 1.35. The highest BCUT2D eigenvalue weighted by Gasteiger charge is 2.41. The molecule has 0 aromatic heterocycles. The van der Waals surface area contributed by atoms with Crippen LogP contribution >= 0.6 is 0 Å². The van der Waals surface area contributed by atoms with Crippen molar-refractivity contribution in [2.24, 2.45) is 11.3 Å². The first kappa shape index (κ1) is 15.1. The van der Waals surface area contributed by atoms with Gasteiger partial charge < -0.3 is 20.5 Å². The molecule has 1 aliphatic carbocycles. The summed E-state index contributed by atoms with van der Waals surface area (Å²) in [6.07, 6.45) is 3.20. The number of carboxylic acid groups (broad SMARTS) is 1. The third-order valence-corrected chi connectivity index (χ3v) is 3.93. The van der Waals surface area contributed by atoms with Crippen LogP contribution < -0.4 is 10.6 Å². The Balaban J connectivity index is 1.89. The van der Waals surface area contributed by atoms with Gasteiger partial charge in [0.2, 0.25) is 0 Å². The molecule has 6 nitrogen and oxygen atoms in total. The normalized spacial score (nSPS) is 27.9. The first-order valence-electron chi connectivity index (χ1n) is 7.20. The Hall–Kier alpha value is -1.30. The van der Waals surface area contributed by atoms with Crippen molar-refractivity contribution in [1.82, 2.24) is 10.6 Å². The van der Waals surface area contributed by atoms with Crippen molar-refractivity contribution in [2.45, 2.75) is 58.2 Å². The minimum Gasteiger partial charge on any atom is -0.480 e. The molecule has 3 atom stereocenters. The molecule has 2 fully saturated rings. The van der Waals surface area contributed by atoms with Crippen molar-refractivity contribution in [3.8, 4) is 0 Å². The number of hydrogen-bond donors (Lipinski definition) is 3. The molecule has 1 saturated carbocycles. The zero-order chi connectivity index (χ0) is 14.9. The lowest BCUT2D eigenvalue weighted by molar-refractivity contribution is -0.141. The number of amides is 2. The van der Waals surface area contributed by atoms with Gasteiger partial charge >= 0.3 is 12.0 Å². The lowest BCUT2D eigenvalue weighted by atomic mass is 9.87. The summed E-state index contributed by atoms with van der Waals surface area (Å²) >= 11 is 0. The van der Waals surface area contributed by atoms with Crippen LogP contribution in [0, 0.1) is 11.3 Å². The first-order chi connectivity index (χ1) is 9.29. The lowest BCUT2D eigenvalue weighted by Gasteiger charge is -2.29. The van der Waals surface area contributed by atoms with Gasteiger partial charge in [0.25, 0.3) is 0 Å². The zero-order valence-electron chi connectivity index (χ0n) is 12.3. The molecular weight excluding hydrogens is 260 g/mol. The monoisotopic (exact) mass is 284 g/mol. The number of urea groups is 1. The molecule has 20 heavy (non-hydrogen) atoms. The molecule has 0 aromatic carbocycles. The van der Waals surface area contributed by atoms with E-state index < -0.39 is 23.5 Å². The fourth-order valence-corrected chi connectivity index (χ4v) is 2.65. The van der Waals surface area contributed by atoms with E-state index in [2.05, 4.69) is 10.6 Å². The minimum atomic E-state index is -1.02. The van der Waals surface area contributed by atoms with E-state index >= 15 is 0 Å². The van der Waals surface area contributed by atoms with E-state index in [4.69, 9.17) is 4.74 Å². The topological polar surface area (TPSA) is 87.7 Å². The Morgan fingerprint density at radius 1 is 1.25 bits per heavy atom. The van der Waals surface area contributed by atoms with Gasteiger partial charge in [-0.25, -0.2) is 9.59 Å². The minimum absolute atomic E-state index is 0.00286. The van der Waals surface area contributed by atoms with Crippen LogP contribution in [-0.2, 0) is 9.53 Å². The molecule has 6 heteroatoms. The van der Waals surface area contributed by atoms with Gasteiger partial charge in [-0.2, -0.15) is 0 Å². The molecular formula is C14H24N2O4. The molecule has 114 valence electrons. The second-order valence-electron chi connectivity index (χ2n) is 6.82.